The van der Waals surface area contributed by atoms with Crippen LogP contribution in [0.5, 0.6) is 0 Å². The van der Waals surface area contributed by atoms with Gasteiger partial charge in [0.2, 0.25) is 5.91 Å². The number of halogens is 1. The van der Waals surface area contributed by atoms with Crippen LogP contribution in [0.4, 0.5) is 5.69 Å². The second-order valence-electron chi connectivity index (χ2n) is 5.09. The summed E-state index contributed by atoms with van der Waals surface area (Å²) in [5.41, 5.74) is 1.66. The summed E-state index contributed by atoms with van der Waals surface area (Å²) in [6.45, 7) is 7.46. The monoisotopic (exact) mass is 311 g/mol. The van der Waals surface area contributed by atoms with Crippen molar-refractivity contribution in [2.45, 2.75) is 6.92 Å². The summed E-state index contributed by atoms with van der Waals surface area (Å²) in [5, 5.41) is 6.69. The van der Waals surface area contributed by atoms with Crippen molar-refractivity contribution in [1.82, 2.24) is 10.2 Å². The van der Waals surface area contributed by atoms with Gasteiger partial charge in [-0.05, 0) is 24.6 Å². The first-order valence-corrected chi connectivity index (χ1v) is 7.60. The molecule has 1 saturated heterocycles. The summed E-state index contributed by atoms with van der Waals surface area (Å²) in [4.78, 5) is 14.2. The molecule has 5 nitrogen and oxygen atoms in total. The Kier molecular flexibility index (Phi) is 6.45. The summed E-state index contributed by atoms with van der Waals surface area (Å²) in [7, 11) is 0. The zero-order chi connectivity index (χ0) is 15.1. The normalized spacial score (nSPS) is 15.9. The molecule has 2 N–H and O–H groups in total. The Morgan fingerprint density at radius 1 is 1.38 bits per heavy atom. The van der Waals surface area contributed by atoms with Crippen LogP contribution in [-0.2, 0) is 9.53 Å². The van der Waals surface area contributed by atoms with Crippen molar-refractivity contribution in [2.75, 3.05) is 51.3 Å². The number of hydrogen-bond donors (Lipinski definition) is 2. The zero-order valence-corrected chi connectivity index (χ0v) is 13.1. The first-order valence-electron chi connectivity index (χ1n) is 7.22. The Morgan fingerprint density at radius 3 is 2.90 bits per heavy atom. The number of nitrogens with zero attached hydrogens (tertiary/aromatic N) is 1. The molecule has 1 aromatic carbocycles. The lowest BCUT2D eigenvalue weighted by Gasteiger charge is -2.26. The largest absolute Gasteiger partial charge is 0.379 e. The molecule has 1 fully saturated rings. The van der Waals surface area contributed by atoms with E-state index in [9.17, 15) is 4.79 Å². The average Bonchev–Trinajstić information content (AvgIpc) is 2.49. The second kappa shape index (κ2) is 8.34. The van der Waals surface area contributed by atoms with Crippen LogP contribution >= 0.6 is 11.6 Å². The van der Waals surface area contributed by atoms with Crippen molar-refractivity contribution < 1.29 is 9.53 Å². The number of amides is 1. The molecule has 1 aliphatic rings. The topological polar surface area (TPSA) is 53.6 Å². The molecule has 1 heterocycles. The van der Waals surface area contributed by atoms with E-state index in [4.69, 9.17) is 16.3 Å². The van der Waals surface area contributed by atoms with Crippen LogP contribution in [0.15, 0.2) is 18.2 Å². The molecular weight excluding hydrogens is 290 g/mol. The van der Waals surface area contributed by atoms with Crippen molar-refractivity contribution in [2.24, 2.45) is 0 Å². The highest BCUT2D eigenvalue weighted by Crippen LogP contribution is 2.22. The Morgan fingerprint density at radius 2 is 2.14 bits per heavy atom. The van der Waals surface area contributed by atoms with E-state index in [0.717, 1.165) is 50.6 Å². The molecule has 21 heavy (non-hydrogen) atoms. The summed E-state index contributed by atoms with van der Waals surface area (Å²) >= 11 is 6.03. The van der Waals surface area contributed by atoms with Gasteiger partial charge in [0, 0.05) is 36.9 Å². The van der Waals surface area contributed by atoms with E-state index in [0.29, 0.717) is 11.6 Å². The van der Waals surface area contributed by atoms with Gasteiger partial charge in [-0.3, -0.25) is 9.69 Å². The van der Waals surface area contributed by atoms with Gasteiger partial charge in [-0.1, -0.05) is 17.7 Å². The standard InChI is InChI=1S/C15H22ClN3O2/c1-12-13(16)3-2-4-14(12)18-15(20)11-17-5-6-19-7-9-21-10-8-19/h2-4,17H,5-11H2,1H3,(H,18,20). The molecule has 116 valence electrons. The molecule has 0 aliphatic carbocycles. The van der Waals surface area contributed by atoms with Gasteiger partial charge < -0.3 is 15.4 Å². The molecule has 6 heteroatoms. The van der Waals surface area contributed by atoms with Crippen LogP contribution in [0, 0.1) is 6.92 Å². The lowest BCUT2D eigenvalue weighted by Crippen LogP contribution is -2.41. The van der Waals surface area contributed by atoms with Gasteiger partial charge >= 0.3 is 0 Å². The quantitative estimate of drug-likeness (QED) is 0.782. The number of ether oxygens (including phenoxy) is 1. The first-order chi connectivity index (χ1) is 10.2. The maximum atomic E-state index is 11.9. The molecule has 1 amide bonds. The summed E-state index contributed by atoms with van der Waals surface area (Å²) < 4.78 is 5.29. The van der Waals surface area contributed by atoms with Crippen molar-refractivity contribution in [3.63, 3.8) is 0 Å². The van der Waals surface area contributed by atoms with E-state index in [1.54, 1.807) is 0 Å². The van der Waals surface area contributed by atoms with E-state index < -0.39 is 0 Å². The predicted octanol–water partition coefficient (Wildman–Crippen LogP) is 1.51. The number of nitrogens with one attached hydrogen (secondary N) is 2. The van der Waals surface area contributed by atoms with E-state index >= 15 is 0 Å². The first kappa shape index (κ1) is 16.2. The van der Waals surface area contributed by atoms with Crippen LogP contribution in [0.3, 0.4) is 0 Å². The predicted molar refractivity (Wildman–Crippen MR) is 84.9 cm³/mol. The van der Waals surface area contributed by atoms with Gasteiger partial charge in [-0.2, -0.15) is 0 Å². The highest BCUT2D eigenvalue weighted by molar-refractivity contribution is 6.31. The summed E-state index contributed by atoms with van der Waals surface area (Å²) in [6.07, 6.45) is 0. The zero-order valence-electron chi connectivity index (χ0n) is 12.3. The number of carbonyl (C=O) groups excluding carboxylic acids is 1. The number of rotatable bonds is 6. The minimum atomic E-state index is -0.0534. The minimum Gasteiger partial charge on any atom is -0.379 e. The third-order valence-electron chi connectivity index (χ3n) is 3.54. The van der Waals surface area contributed by atoms with E-state index in [-0.39, 0.29) is 5.91 Å². The summed E-state index contributed by atoms with van der Waals surface area (Å²) in [5.74, 6) is -0.0534. The molecule has 0 atom stereocenters. The van der Waals surface area contributed by atoms with Gasteiger partial charge in [0.1, 0.15) is 0 Å². The minimum absolute atomic E-state index is 0.0534. The van der Waals surface area contributed by atoms with Gasteiger partial charge in [-0.15, -0.1) is 0 Å². The van der Waals surface area contributed by atoms with Crippen molar-refractivity contribution in [1.29, 1.82) is 0 Å². The molecule has 0 spiro atoms. The fourth-order valence-corrected chi connectivity index (χ4v) is 2.38. The lowest BCUT2D eigenvalue weighted by atomic mass is 10.2. The van der Waals surface area contributed by atoms with Crippen LogP contribution in [-0.4, -0.2) is 56.7 Å². The highest BCUT2D eigenvalue weighted by Gasteiger charge is 2.10. The third kappa shape index (κ3) is 5.28. The maximum Gasteiger partial charge on any atom is 0.238 e. The Bertz CT molecular complexity index is 476. The molecule has 0 aromatic heterocycles. The van der Waals surface area contributed by atoms with Gasteiger partial charge in [0.15, 0.2) is 0 Å². The fourth-order valence-electron chi connectivity index (χ4n) is 2.20. The van der Waals surface area contributed by atoms with Crippen molar-refractivity contribution in [3.8, 4) is 0 Å². The number of morpholine rings is 1. The maximum absolute atomic E-state index is 11.9. The molecule has 0 radical (unpaired) electrons. The number of benzene rings is 1. The fraction of sp³-hybridized carbons (Fsp3) is 0.533. The van der Waals surface area contributed by atoms with Gasteiger partial charge in [0.05, 0.1) is 19.8 Å². The van der Waals surface area contributed by atoms with Crippen molar-refractivity contribution in [3.05, 3.63) is 28.8 Å². The van der Waals surface area contributed by atoms with Crippen LogP contribution in [0.2, 0.25) is 5.02 Å². The van der Waals surface area contributed by atoms with Gasteiger partial charge in [0.25, 0.3) is 0 Å². The molecule has 0 saturated carbocycles. The Labute approximate surface area is 130 Å². The average molecular weight is 312 g/mol. The van der Waals surface area contributed by atoms with E-state index in [1.807, 2.05) is 25.1 Å². The Hall–Kier alpha value is -1.14. The number of anilines is 1. The second-order valence-corrected chi connectivity index (χ2v) is 5.50. The smallest absolute Gasteiger partial charge is 0.238 e. The number of carbonyl (C=O) groups is 1. The summed E-state index contributed by atoms with van der Waals surface area (Å²) in [6, 6.07) is 5.50. The Balaban J connectivity index is 1.66. The molecular formula is C15H22ClN3O2. The highest BCUT2D eigenvalue weighted by atomic mass is 35.5. The van der Waals surface area contributed by atoms with Crippen LogP contribution < -0.4 is 10.6 Å². The SMILES string of the molecule is Cc1c(Cl)cccc1NC(=O)CNCCN1CCOCC1. The van der Waals surface area contributed by atoms with E-state index in [2.05, 4.69) is 15.5 Å². The molecule has 1 aromatic rings. The molecule has 1 aliphatic heterocycles. The van der Waals surface area contributed by atoms with Crippen LogP contribution in [0.1, 0.15) is 5.56 Å². The van der Waals surface area contributed by atoms with Crippen molar-refractivity contribution >= 4 is 23.2 Å². The van der Waals surface area contributed by atoms with E-state index in [1.165, 1.54) is 0 Å². The molecule has 0 unspecified atom stereocenters. The molecule has 2 rings (SSSR count). The lowest BCUT2D eigenvalue weighted by molar-refractivity contribution is -0.115. The third-order valence-corrected chi connectivity index (χ3v) is 3.95. The number of hydrogen-bond acceptors (Lipinski definition) is 4. The van der Waals surface area contributed by atoms with Crippen LogP contribution in [0.25, 0.3) is 0 Å². The van der Waals surface area contributed by atoms with Gasteiger partial charge in [-0.25, -0.2) is 0 Å². The molecule has 0 bridgehead atoms.